The summed E-state index contributed by atoms with van der Waals surface area (Å²) in [6, 6.07) is 7.89. The van der Waals surface area contributed by atoms with E-state index in [-0.39, 0.29) is 11.4 Å². The molecular weight excluding hydrogens is 304 g/mol. The van der Waals surface area contributed by atoms with E-state index in [0.29, 0.717) is 25.7 Å². The lowest BCUT2D eigenvalue weighted by Gasteiger charge is -2.24. The molecule has 0 aromatic heterocycles. The van der Waals surface area contributed by atoms with Gasteiger partial charge in [-0.3, -0.25) is 0 Å². The number of rotatable bonds is 10. The first-order valence-electron chi connectivity index (χ1n) is 8.43. The number of hydrogen-bond donors (Lipinski definition) is 0. The molecule has 24 heavy (non-hydrogen) atoms. The van der Waals surface area contributed by atoms with Crippen LogP contribution in [0.1, 0.15) is 39.7 Å². The number of carbonyl (C=O) groups is 1. The van der Waals surface area contributed by atoms with Crippen molar-refractivity contribution in [1.82, 2.24) is 0 Å². The molecule has 1 aromatic rings. The minimum atomic E-state index is -0.283. The van der Waals surface area contributed by atoms with Crippen LogP contribution in [0.3, 0.4) is 0 Å². The van der Waals surface area contributed by atoms with Crippen LogP contribution >= 0.6 is 0 Å². The smallest absolute Gasteiger partial charge is 0.330 e. The summed E-state index contributed by atoms with van der Waals surface area (Å²) in [4.78, 5) is 11.4. The van der Waals surface area contributed by atoms with Crippen LogP contribution in [-0.2, 0) is 20.9 Å². The molecule has 134 valence electrons. The van der Waals surface area contributed by atoms with E-state index in [1.807, 2.05) is 30.3 Å². The minimum absolute atomic E-state index is 0.0738. The van der Waals surface area contributed by atoms with Gasteiger partial charge in [-0.15, -0.1) is 0 Å². The molecule has 0 aliphatic heterocycles. The van der Waals surface area contributed by atoms with Crippen molar-refractivity contribution in [2.24, 2.45) is 11.3 Å². The Labute approximate surface area is 145 Å². The topological polar surface area (TPSA) is 44.8 Å². The SMILES string of the molecule is CCOC(=O)/C=C/C(C)(C)CC(C)COCc1ccc(OC)cc1. The lowest BCUT2D eigenvalue weighted by molar-refractivity contribution is -0.137. The van der Waals surface area contributed by atoms with Crippen molar-refractivity contribution in [1.29, 1.82) is 0 Å². The second-order valence-corrected chi connectivity index (χ2v) is 6.75. The molecule has 0 heterocycles. The highest BCUT2D eigenvalue weighted by Crippen LogP contribution is 2.27. The summed E-state index contributed by atoms with van der Waals surface area (Å²) in [7, 11) is 1.66. The molecule has 0 bridgehead atoms. The molecule has 1 atom stereocenters. The maximum absolute atomic E-state index is 11.4. The Hall–Kier alpha value is -1.81. The van der Waals surface area contributed by atoms with Gasteiger partial charge in [0.25, 0.3) is 0 Å². The summed E-state index contributed by atoms with van der Waals surface area (Å²) >= 11 is 0. The van der Waals surface area contributed by atoms with Gasteiger partial charge in [0.05, 0.1) is 20.3 Å². The molecular formula is C20H30O4. The predicted molar refractivity (Wildman–Crippen MR) is 96.0 cm³/mol. The summed E-state index contributed by atoms with van der Waals surface area (Å²) in [5.74, 6) is 0.960. The van der Waals surface area contributed by atoms with Crippen LogP contribution in [0, 0.1) is 11.3 Å². The molecule has 1 rings (SSSR count). The first-order chi connectivity index (χ1) is 11.4. The summed E-state index contributed by atoms with van der Waals surface area (Å²) in [6.07, 6.45) is 4.38. The second kappa shape index (κ2) is 10.1. The maximum atomic E-state index is 11.4. The minimum Gasteiger partial charge on any atom is -0.497 e. The van der Waals surface area contributed by atoms with E-state index in [1.165, 1.54) is 6.08 Å². The van der Waals surface area contributed by atoms with Gasteiger partial charge in [-0.1, -0.05) is 39.0 Å². The van der Waals surface area contributed by atoms with E-state index < -0.39 is 0 Å². The highest BCUT2D eigenvalue weighted by atomic mass is 16.5. The zero-order valence-electron chi connectivity index (χ0n) is 15.5. The Bertz CT molecular complexity index is 517. The molecule has 1 aromatic carbocycles. The largest absolute Gasteiger partial charge is 0.497 e. The number of carbonyl (C=O) groups excluding carboxylic acids is 1. The number of benzene rings is 1. The molecule has 4 heteroatoms. The average molecular weight is 334 g/mol. The fourth-order valence-corrected chi connectivity index (χ4v) is 2.61. The van der Waals surface area contributed by atoms with Gasteiger partial charge in [0.2, 0.25) is 0 Å². The van der Waals surface area contributed by atoms with Gasteiger partial charge in [-0.05, 0) is 42.4 Å². The predicted octanol–water partition coefficient (Wildman–Crippen LogP) is 4.38. The van der Waals surface area contributed by atoms with Crippen molar-refractivity contribution in [2.45, 2.75) is 40.7 Å². The fourth-order valence-electron chi connectivity index (χ4n) is 2.61. The van der Waals surface area contributed by atoms with Gasteiger partial charge >= 0.3 is 5.97 Å². The lowest BCUT2D eigenvalue weighted by atomic mass is 9.83. The van der Waals surface area contributed by atoms with E-state index in [1.54, 1.807) is 14.0 Å². The normalized spacial score (nSPS) is 13.0. The lowest BCUT2D eigenvalue weighted by Crippen LogP contribution is -2.17. The van der Waals surface area contributed by atoms with Crippen molar-refractivity contribution >= 4 is 5.97 Å². The summed E-state index contributed by atoms with van der Waals surface area (Å²) in [6.45, 7) is 9.87. The van der Waals surface area contributed by atoms with Gasteiger partial charge in [0.15, 0.2) is 0 Å². The molecule has 1 unspecified atom stereocenters. The Morgan fingerprint density at radius 3 is 2.50 bits per heavy atom. The average Bonchev–Trinajstić information content (AvgIpc) is 2.53. The van der Waals surface area contributed by atoms with Crippen molar-refractivity contribution in [2.75, 3.05) is 20.3 Å². The Morgan fingerprint density at radius 2 is 1.92 bits per heavy atom. The van der Waals surface area contributed by atoms with Crippen LogP contribution in [0.5, 0.6) is 5.75 Å². The van der Waals surface area contributed by atoms with Gasteiger partial charge in [-0.2, -0.15) is 0 Å². The summed E-state index contributed by atoms with van der Waals surface area (Å²) in [5.41, 5.74) is 1.06. The van der Waals surface area contributed by atoms with Crippen LogP contribution in [0.15, 0.2) is 36.4 Å². The van der Waals surface area contributed by atoms with E-state index in [0.717, 1.165) is 17.7 Å². The van der Waals surface area contributed by atoms with Gasteiger partial charge < -0.3 is 14.2 Å². The standard InChI is InChI=1S/C20H30O4/c1-6-24-19(21)11-12-20(3,4)13-16(2)14-23-15-17-7-9-18(22-5)10-8-17/h7-12,16H,6,13-15H2,1-5H3/b12-11+. The number of hydrogen-bond acceptors (Lipinski definition) is 4. The van der Waals surface area contributed by atoms with Crippen LogP contribution < -0.4 is 4.74 Å². The second-order valence-electron chi connectivity index (χ2n) is 6.75. The van der Waals surface area contributed by atoms with E-state index >= 15 is 0 Å². The molecule has 0 N–H and O–H groups in total. The third-order valence-corrected chi connectivity index (χ3v) is 3.66. The molecule has 0 saturated heterocycles. The zero-order valence-corrected chi connectivity index (χ0v) is 15.5. The summed E-state index contributed by atoms with van der Waals surface area (Å²) < 4.78 is 15.9. The molecule has 0 saturated carbocycles. The van der Waals surface area contributed by atoms with E-state index in [9.17, 15) is 4.79 Å². The molecule has 0 aliphatic carbocycles. The summed E-state index contributed by atoms with van der Waals surface area (Å²) in [5, 5.41) is 0. The Morgan fingerprint density at radius 1 is 1.25 bits per heavy atom. The van der Waals surface area contributed by atoms with Crippen LogP contribution in [0.2, 0.25) is 0 Å². The third kappa shape index (κ3) is 8.16. The van der Waals surface area contributed by atoms with Crippen molar-refractivity contribution in [3.05, 3.63) is 42.0 Å². The van der Waals surface area contributed by atoms with E-state index in [2.05, 4.69) is 20.8 Å². The monoisotopic (exact) mass is 334 g/mol. The van der Waals surface area contributed by atoms with Crippen molar-refractivity contribution in [3.63, 3.8) is 0 Å². The zero-order chi connectivity index (χ0) is 18.0. The molecule has 4 nitrogen and oxygen atoms in total. The van der Waals surface area contributed by atoms with Crippen LogP contribution in [0.25, 0.3) is 0 Å². The van der Waals surface area contributed by atoms with Crippen molar-refractivity contribution < 1.29 is 19.0 Å². The first-order valence-corrected chi connectivity index (χ1v) is 8.43. The fraction of sp³-hybridized carbons (Fsp3) is 0.550. The van der Waals surface area contributed by atoms with Crippen LogP contribution in [-0.4, -0.2) is 26.3 Å². The number of ether oxygens (including phenoxy) is 3. The van der Waals surface area contributed by atoms with Gasteiger partial charge in [-0.25, -0.2) is 4.79 Å². The molecule has 0 spiro atoms. The highest BCUT2D eigenvalue weighted by Gasteiger charge is 2.18. The Balaban J connectivity index is 2.36. The molecule has 0 aliphatic rings. The van der Waals surface area contributed by atoms with Gasteiger partial charge in [0.1, 0.15) is 5.75 Å². The maximum Gasteiger partial charge on any atom is 0.330 e. The highest BCUT2D eigenvalue weighted by molar-refractivity contribution is 5.81. The number of esters is 1. The Kier molecular flexibility index (Phi) is 8.55. The molecule has 0 fully saturated rings. The number of methoxy groups -OCH3 is 1. The molecule has 0 radical (unpaired) electrons. The number of allylic oxidation sites excluding steroid dienone is 1. The quantitative estimate of drug-likeness (QED) is 0.470. The van der Waals surface area contributed by atoms with E-state index in [4.69, 9.17) is 14.2 Å². The third-order valence-electron chi connectivity index (χ3n) is 3.66. The van der Waals surface area contributed by atoms with Crippen LogP contribution in [0.4, 0.5) is 0 Å². The molecule has 0 amide bonds. The first kappa shape index (κ1) is 20.2. The van der Waals surface area contributed by atoms with Gasteiger partial charge in [0, 0.05) is 12.7 Å². The van der Waals surface area contributed by atoms with Crippen molar-refractivity contribution in [3.8, 4) is 5.75 Å².